The molecule has 1 amide bonds. The van der Waals surface area contributed by atoms with Crippen LogP contribution < -0.4 is 0 Å². The molecule has 5 nitrogen and oxygen atoms in total. The van der Waals surface area contributed by atoms with Gasteiger partial charge in [0, 0.05) is 22.9 Å². The number of rotatable bonds is 6. The van der Waals surface area contributed by atoms with E-state index < -0.39 is 0 Å². The first-order chi connectivity index (χ1) is 14.2. The van der Waals surface area contributed by atoms with Crippen molar-refractivity contribution < 1.29 is 9.21 Å². The number of oxazole rings is 1. The Balaban J connectivity index is 1.46. The first-order valence-corrected chi connectivity index (χ1v) is 10.7. The highest BCUT2D eigenvalue weighted by molar-refractivity contribution is 7.09. The third kappa shape index (κ3) is 3.80. The molecule has 0 spiro atoms. The van der Waals surface area contributed by atoms with Crippen LogP contribution in [0.25, 0.3) is 11.1 Å². The molecule has 0 saturated heterocycles. The van der Waals surface area contributed by atoms with E-state index in [0.717, 1.165) is 40.4 Å². The third-order valence-electron chi connectivity index (χ3n) is 5.26. The van der Waals surface area contributed by atoms with Crippen molar-refractivity contribution in [3.05, 3.63) is 81.6 Å². The summed E-state index contributed by atoms with van der Waals surface area (Å²) in [6.07, 6.45) is 2.27. The lowest BCUT2D eigenvalue weighted by Crippen LogP contribution is -2.30. The number of hydrogen-bond donors (Lipinski definition) is 0. The van der Waals surface area contributed by atoms with Gasteiger partial charge in [-0.2, -0.15) is 0 Å². The molecule has 2 heterocycles. The molecule has 0 bridgehead atoms. The Morgan fingerprint density at radius 3 is 2.72 bits per heavy atom. The monoisotopic (exact) mass is 403 g/mol. The largest absolute Gasteiger partial charge is 0.440 e. The Morgan fingerprint density at radius 1 is 1.17 bits per heavy atom. The third-order valence-corrected chi connectivity index (χ3v) is 6.18. The van der Waals surface area contributed by atoms with E-state index in [1.165, 1.54) is 0 Å². The van der Waals surface area contributed by atoms with Crippen molar-refractivity contribution in [3.8, 4) is 0 Å². The number of nitrogens with zero attached hydrogens (tertiary/aromatic N) is 3. The predicted octanol–water partition coefficient (Wildman–Crippen LogP) is 5.31. The summed E-state index contributed by atoms with van der Waals surface area (Å²) in [7, 11) is 0. The van der Waals surface area contributed by atoms with Gasteiger partial charge >= 0.3 is 0 Å². The molecule has 4 aromatic rings. The number of thiazole rings is 1. The molecule has 1 aliphatic rings. The molecule has 5 rings (SSSR count). The van der Waals surface area contributed by atoms with Gasteiger partial charge in [0.05, 0.1) is 17.7 Å². The van der Waals surface area contributed by atoms with Crippen molar-refractivity contribution >= 4 is 28.3 Å². The van der Waals surface area contributed by atoms with Gasteiger partial charge in [0.15, 0.2) is 11.5 Å². The minimum absolute atomic E-state index is 0.0204. The quantitative estimate of drug-likeness (QED) is 0.438. The van der Waals surface area contributed by atoms with Crippen LogP contribution in [0.4, 0.5) is 0 Å². The van der Waals surface area contributed by atoms with Crippen LogP contribution in [0.3, 0.4) is 0 Å². The SMILES string of the molecule is Cc1ncsc1CN(Cc1ccccc1)C(=O)c1ccc2nc(C3CC3)oc2c1. The van der Waals surface area contributed by atoms with Gasteiger partial charge in [-0.3, -0.25) is 4.79 Å². The van der Waals surface area contributed by atoms with Crippen molar-refractivity contribution in [1.29, 1.82) is 0 Å². The van der Waals surface area contributed by atoms with Crippen LogP contribution in [-0.4, -0.2) is 20.8 Å². The maximum atomic E-state index is 13.4. The average Bonchev–Trinajstić information content (AvgIpc) is 3.39. The molecule has 29 heavy (non-hydrogen) atoms. The van der Waals surface area contributed by atoms with Crippen molar-refractivity contribution in [2.45, 2.75) is 38.8 Å². The Kier molecular flexibility index (Phi) is 4.64. The summed E-state index contributed by atoms with van der Waals surface area (Å²) in [6.45, 7) is 3.06. The van der Waals surface area contributed by atoms with Crippen molar-refractivity contribution in [2.24, 2.45) is 0 Å². The van der Waals surface area contributed by atoms with Crippen LogP contribution in [-0.2, 0) is 13.1 Å². The first kappa shape index (κ1) is 18.1. The smallest absolute Gasteiger partial charge is 0.254 e. The normalized spacial score (nSPS) is 13.7. The standard InChI is InChI=1S/C23H21N3O2S/c1-15-21(29-14-24-15)13-26(12-16-5-3-2-4-6-16)23(27)18-9-10-19-20(11-18)28-22(25-19)17-7-8-17/h2-6,9-11,14,17H,7-8,12-13H2,1H3. The topological polar surface area (TPSA) is 59.2 Å². The highest BCUT2D eigenvalue weighted by atomic mass is 32.1. The minimum Gasteiger partial charge on any atom is -0.440 e. The molecule has 1 fully saturated rings. The summed E-state index contributed by atoms with van der Waals surface area (Å²) in [6, 6.07) is 15.6. The molecule has 1 saturated carbocycles. The van der Waals surface area contributed by atoms with Crippen LogP contribution in [0.1, 0.15) is 51.1 Å². The zero-order valence-electron chi connectivity index (χ0n) is 16.2. The zero-order chi connectivity index (χ0) is 19.8. The number of aromatic nitrogens is 2. The summed E-state index contributed by atoms with van der Waals surface area (Å²) in [5, 5.41) is 0. The second kappa shape index (κ2) is 7.44. The molecule has 0 aliphatic heterocycles. The molecular weight excluding hydrogens is 382 g/mol. The van der Waals surface area contributed by atoms with E-state index >= 15 is 0 Å². The molecule has 146 valence electrons. The lowest BCUT2D eigenvalue weighted by atomic mass is 10.1. The van der Waals surface area contributed by atoms with Crippen LogP contribution in [0.2, 0.25) is 0 Å². The van der Waals surface area contributed by atoms with Gasteiger partial charge in [-0.1, -0.05) is 30.3 Å². The number of fused-ring (bicyclic) bond motifs is 1. The minimum atomic E-state index is -0.0204. The highest BCUT2D eigenvalue weighted by Crippen LogP contribution is 2.40. The van der Waals surface area contributed by atoms with Gasteiger partial charge in [0.2, 0.25) is 0 Å². The van der Waals surface area contributed by atoms with Gasteiger partial charge in [0.1, 0.15) is 5.52 Å². The molecule has 1 aliphatic carbocycles. The molecule has 2 aromatic carbocycles. The van der Waals surface area contributed by atoms with E-state index in [4.69, 9.17) is 4.42 Å². The van der Waals surface area contributed by atoms with E-state index in [1.807, 2.05) is 65.9 Å². The Morgan fingerprint density at radius 2 is 2.00 bits per heavy atom. The van der Waals surface area contributed by atoms with Crippen molar-refractivity contribution in [3.63, 3.8) is 0 Å². The Hall–Kier alpha value is -2.99. The molecule has 0 unspecified atom stereocenters. The first-order valence-electron chi connectivity index (χ1n) is 9.80. The maximum absolute atomic E-state index is 13.4. The van der Waals surface area contributed by atoms with Gasteiger partial charge in [-0.05, 0) is 43.5 Å². The fourth-order valence-corrected chi connectivity index (χ4v) is 4.21. The number of amides is 1. The summed E-state index contributed by atoms with van der Waals surface area (Å²) in [5.74, 6) is 1.23. The van der Waals surface area contributed by atoms with Crippen LogP contribution in [0.15, 0.2) is 58.5 Å². The molecule has 0 radical (unpaired) electrons. The Bertz CT molecular complexity index is 1160. The van der Waals surface area contributed by atoms with Crippen molar-refractivity contribution in [2.75, 3.05) is 0 Å². The van der Waals surface area contributed by atoms with E-state index in [-0.39, 0.29) is 5.91 Å². The van der Waals surface area contributed by atoms with Gasteiger partial charge in [0.25, 0.3) is 5.91 Å². The summed E-state index contributed by atoms with van der Waals surface area (Å²) in [5.41, 5.74) is 6.02. The maximum Gasteiger partial charge on any atom is 0.254 e. The second-order valence-electron chi connectivity index (χ2n) is 7.52. The zero-order valence-corrected chi connectivity index (χ0v) is 17.0. The number of carbonyl (C=O) groups excluding carboxylic acids is 1. The van der Waals surface area contributed by atoms with Crippen molar-refractivity contribution in [1.82, 2.24) is 14.9 Å². The summed E-state index contributed by atoms with van der Waals surface area (Å²) < 4.78 is 5.92. The van der Waals surface area contributed by atoms with Crippen LogP contribution in [0.5, 0.6) is 0 Å². The second-order valence-corrected chi connectivity index (χ2v) is 8.46. The van der Waals surface area contributed by atoms with E-state index in [1.54, 1.807) is 11.3 Å². The molecule has 0 atom stereocenters. The number of benzene rings is 2. The fraction of sp³-hybridized carbons (Fsp3) is 0.261. The predicted molar refractivity (Wildman–Crippen MR) is 113 cm³/mol. The number of hydrogen-bond acceptors (Lipinski definition) is 5. The van der Waals surface area contributed by atoms with E-state index in [2.05, 4.69) is 9.97 Å². The summed E-state index contributed by atoms with van der Waals surface area (Å²) >= 11 is 1.58. The molecule has 6 heteroatoms. The van der Waals surface area contributed by atoms with Crippen LogP contribution >= 0.6 is 11.3 Å². The van der Waals surface area contributed by atoms with Gasteiger partial charge < -0.3 is 9.32 Å². The van der Waals surface area contributed by atoms with Gasteiger partial charge in [-0.15, -0.1) is 11.3 Å². The fourth-order valence-electron chi connectivity index (χ4n) is 3.42. The molecular formula is C23H21N3O2S. The Labute approximate surface area is 173 Å². The van der Waals surface area contributed by atoms with E-state index in [0.29, 0.717) is 30.2 Å². The average molecular weight is 404 g/mol. The summed E-state index contributed by atoms with van der Waals surface area (Å²) in [4.78, 5) is 25.3. The van der Waals surface area contributed by atoms with Gasteiger partial charge in [-0.25, -0.2) is 9.97 Å². The highest BCUT2D eigenvalue weighted by Gasteiger charge is 2.29. The van der Waals surface area contributed by atoms with Crippen LogP contribution in [0, 0.1) is 6.92 Å². The molecule has 0 N–H and O–H groups in total. The number of carbonyl (C=O) groups is 1. The lowest BCUT2D eigenvalue weighted by molar-refractivity contribution is 0.0731. The molecule has 2 aromatic heterocycles. The number of aryl methyl sites for hydroxylation is 1. The lowest BCUT2D eigenvalue weighted by Gasteiger charge is -2.22. The van der Waals surface area contributed by atoms with E-state index in [9.17, 15) is 4.79 Å².